The summed E-state index contributed by atoms with van der Waals surface area (Å²) in [5.74, 6) is 1.03. The normalized spacial score (nSPS) is 12.4. The lowest BCUT2D eigenvalue weighted by Crippen LogP contribution is -2.00. The molecule has 0 aromatic rings. The first-order chi connectivity index (χ1) is 18.3. The molecule has 0 aliphatic carbocycles. The van der Waals surface area contributed by atoms with Crippen molar-refractivity contribution >= 4 is 0 Å². The van der Waals surface area contributed by atoms with Crippen molar-refractivity contribution in [3.63, 3.8) is 0 Å². The van der Waals surface area contributed by atoms with Gasteiger partial charge >= 0.3 is 0 Å². The van der Waals surface area contributed by atoms with Gasteiger partial charge in [0.1, 0.15) is 0 Å². The topological polar surface area (TPSA) is 0 Å². The highest BCUT2D eigenvalue weighted by atomic mass is 14.1. The smallest absolute Gasteiger partial charge is 0.0414 e. The van der Waals surface area contributed by atoms with Crippen LogP contribution in [0.5, 0.6) is 0 Å². The monoisotopic (exact) mass is 521 g/mol. The Morgan fingerprint density at radius 1 is 0.216 bits per heavy atom. The molecule has 0 saturated carbocycles. The predicted molar refractivity (Wildman–Crippen MR) is 173 cm³/mol. The zero-order valence-corrected chi connectivity index (χ0v) is 26.9. The molecule has 0 aliphatic rings. The van der Waals surface area contributed by atoms with Gasteiger partial charge < -0.3 is 0 Å². The summed E-state index contributed by atoms with van der Waals surface area (Å²) in [7, 11) is 0. The van der Waals surface area contributed by atoms with E-state index in [-0.39, 0.29) is 0 Å². The highest BCUT2D eigenvalue weighted by Gasteiger charge is 2.07. The number of hydrogen-bond donors (Lipinski definition) is 0. The lowest BCUT2D eigenvalue weighted by atomic mass is 9.90. The van der Waals surface area contributed by atoms with Crippen LogP contribution in [0.15, 0.2) is 0 Å². The average molecular weight is 521 g/mol. The van der Waals surface area contributed by atoms with E-state index < -0.39 is 0 Å². The molecule has 0 saturated heterocycles. The zero-order valence-electron chi connectivity index (χ0n) is 26.9. The van der Waals surface area contributed by atoms with E-state index in [1.54, 1.807) is 0 Å². The third-order valence-corrected chi connectivity index (χ3v) is 8.88. The molecule has 0 aromatic heterocycles. The molecule has 0 heterocycles. The van der Waals surface area contributed by atoms with Crippen LogP contribution in [-0.2, 0) is 0 Å². The van der Waals surface area contributed by atoms with E-state index >= 15 is 0 Å². The van der Waals surface area contributed by atoms with E-state index in [1.165, 1.54) is 212 Å². The molecule has 37 heavy (non-hydrogen) atoms. The zero-order chi connectivity index (χ0) is 26.9. The molecule has 0 nitrogen and oxygen atoms in total. The van der Waals surface area contributed by atoms with E-state index in [0.29, 0.717) is 0 Å². The minimum Gasteiger partial charge on any atom is -0.0654 e. The third kappa shape index (κ3) is 32.1. The van der Waals surface area contributed by atoms with Gasteiger partial charge in [-0.1, -0.05) is 233 Å². The highest BCUT2D eigenvalue weighted by Crippen LogP contribution is 2.23. The minimum absolute atomic E-state index is 1.03. The van der Waals surface area contributed by atoms with Crippen molar-refractivity contribution in [1.82, 2.24) is 0 Å². The van der Waals surface area contributed by atoms with Gasteiger partial charge in [0.05, 0.1) is 0 Å². The molecule has 1 unspecified atom stereocenters. The standard InChI is InChI=1S/C37H76/c1-4-7-9-11-13-15-17-19-20-21-23-25-27-29-31-33-36-37(34-6-3)35-32-30-28-26-24-22-18-16-14-12-10-8-5-2/h37H,4-36H2,1-3H3. The quantitative estimate of drug-likeness (QED) is 0.0754. The summed E-state index contributed by atoms with van der Waals surface area (Å²) < 4.78 is 0. The second-order valence-corrected chi connectivity index (χ2v) is 12.8. The van der Waals surface area contributed by atoms with E-state index in [2.05, 4.69) is 20.8 Å². The molecule has 0 N–H and O–H groups in total. The second kappa shape index (κ2) is 34.0. The van der Waals surface area contributed by atoms with Crippen molar-refractivity contribution in [3.8, 4) is 0 Å². The Labute approximate surface area is 238 Å². The number of unbranched alkanes of at least 4 members (excludes halogenated alkanes) is 27. The molecule has 0 heteroatoms. The Balaban J connectivity index is 3.36. The van der Waals surface area contributed by atoms with E-state index in [9.17, 15) is 0 Å². The summed E-state index contributed by atoms with van der Waals surface area (Å²) in [6.07, 6.45) is 48.8. The van der Waals surface area contributed by atoms with Gasteiger partial charge in [0.2, 0.25) is 0 Å². The van der Waals surface area contributed by atoms with Crippen molar-refractivity contribution in [2.45, 2.75) is 233 Å². The molecule has 0 rings (SSSR count). The fourth-order valence-corrected chi connectivity index (χ4v) is 6.27. The van der Waals surface area contributed by atoms with Gasteiger partial charge in [-0.25, -0.2) is 0 Å². The maximum absolute atomic E-state index is 2.39. The summed E-state index contributed by atoms with van der Waals surface area (Å²) in [5, 5.41) is 0. The van der Waals surface area contributed by atoms with Crippen molar-refractivity contribution in [2.24, 2.45) is 5.92 Å². The largest absolute Gasteiger partial charge is 0.0654 e. The molecule has 0 amide bonds. The highest BCUT2D eigenvalue weighted by molar-refractivity contribution is 4.61. The van der Waals surface area contributed by atoms with Gasteiger partial charge in [-0.3, -0.25) is 0 Å². The second-order valence-electron chi connectivity index (χ2n) is 12.8. The van der Waals surface area contributed by atoms with Crippen LogP contribution in [-0.4, -0.2) is 0 Å². The SMILES string of the molecule is CCCCCCCCCCCCCCCCCCC(CCC)CCCCCCCCCCCCCCC. The lowest BCUT2D eigenvalue weighted by Gasteiger charge is -2.16. The first-order valence-corrected chi connectivity index (χ1v) is 18.3. The Morgan fingerprint density at radius 2 is 0.432 bits per heavy atom. The van der Waals surface area contributed by atoms with Gasteiger partial charge in [-0.2, -0.15) is 0 Å². The van der Waals surface area contributed by atoms with Crippen LogP contribution in [0.1, 0.15) is 233 Å². The molecular weight excluding hydrogens is 444 g/mol. The molecule has 0 radical (unpaired) electrons. The number of rotatable bonds is 33. The molecular formula is C37H76. The van der Waals surface area contributed by atoms with Gasteiger partial charge in [0.25, 0.3) is 0 Å². The maximum atomic E-state index is 2.39. The summed E-state index contributed by atoms with van der Waals surface area (Å²) in [4.78, 5) is 0. The van der Waals surface area contributed by atoms with Crippen molar-refractivity contribution in [1.29, 1.82) is 0 Å². The van der Waals surface area contributed by atoms with Crippen LogP contribution >= 0.6 is 0 Å². The van der Waals surface area contributed by atoms with Crippen molar-refractivity contribution in [2.75, 3.05) is 0 Å². The molecule has 0 spiro atoms. The Bertz CT molecular complexity index is 372. The van der Waals surface area contributed by atoms with Crippen LogP contribution in [0.2, 0.25) is 0 Å². The molecule has 0 fully saturated rings. The van der Waals surface area contributed by atoms with Gasteiger partial charge in [0, 0.05) is 0 Å². The van der Waals surface area contributed by atoms with Crippen molar-refractivity contribution < 1.29 is 0 Å². The Morgan fingerprint density at radius 3 is 0.649 bits per heavy atom. The molecule has 1 atom stereocenters. The van der Waals surface area contributed by atoms with Crippen LogP contribution in [0.4, 0.5) is 0 Å². The lowest BCUT2D eigenvalue weighted by molar-refractivity contribution is 0.376. The first kappa shape index (κ1) is 37.0. The Hall–Kier alpha value is 0. The van der Waals surface area contributed by atoms with Crippen LogP contribution in [0.25, 0.3) is 0 Å². The van der Waals surface area contributed by atoms with Gasteiger partial charge in [-0.05, 0) is 5.92 Å². The third-order valence-electron chi connectivity index (χ3n) is 8.88. The van der Waals surface area contributed by atoms with E-state index in [0.717, 1.165) is 5.92 Å². The first-order valence-electron chi connectivity index (χ1n) is 18.3. The summed E-state index contributed by atoms with van der Waals surface area (Å²) in [6, 6.07) is 0. The summed E-state index contributed by atoms with van der Waals surface area (Å²) in [6.45, 7) is 7.02. The average Bonchev–Trinajstić information content (AvgIpc) is 2.91. The molecule has 0 aromatic carbocycles. The molecule has 0 bridgehead atoms. The van der Waals surface area contributed by atoms with Gasteiger partial charge in [0.15, 0.2) is 0 Å². The van der Waals surface area contributed by atoms with Crippen LogP contribution < -0.4 is 0 Å². The molecule has 0 aliphatic heterocycles. The maximum Gasteiger partial charge on any atom is -0.0414 e. The summed E-state index contributed by atoms with van der Waals surface area (Å²) in [5.41, 5.74) is 0. The Kier molecular flexibility index (Phi) is 34.0. The summed E-state index contributed by atoms with van der Waals surface area (Å²) >= 11 is 0. The fourth-order valence-electron chi connectivity index (χ4n) is 6.27. The van der Waals surface area contributed by atoms with Crippen LogP contribution in [0.3, 0.4) is 0 Å². The minimum atomic E-state index is 1.03. The van der Waals surface area contributed by atoms with E-state index in [4.69, 9.17) is 0 Å². The van der Waals surface area contributed by atoms with Crippen molar-refractivity contribution in [3.05, 3.63) is 0 Å². The predicted octanol–water partition coefficient (Wildman–Crippen LogP) is 14.5. The number of hydrogen-bond acceptors (Lipinski definition) is 0. The fraction of sp³-hybridized carbons (Fsp3) is 1.00. The molecule has 224 valence electrons. The van der Waals surface area contributed by atoms with E-state index in [1.807, 2.05) is 0 Å². The van der Waals surface area contributed by atoms with Crippen LogP contribution in [0, 0.1) is 5.92 Å². The van der Waals surface area contributed by atoms with Gasteiger partial charge in [-0.15, -0.1) is 0 Å².